The van der Waals surface area contributed by atoms with Crippen molar-refractivity contribution >= 4 is 16.9 Å². The van der Waals surface area contributed by atoms with Crippen molar-refractivity contribution in [3.63, 3.8) is 0 Å². The van der Waals surface area contributed by atoms with Gasteiger partial charge in [-0.2, -0.15) is 0 Å². The number of likely N-dealkylation sites (N-methyl/N-ethyl adjacent to an activating group) is 1. The zero-order valence-corrected chi connectivity index (χ0v) is 19.5. The number of ether oxygens (including phenoxy) is 1. The Kier molecular flexibility index (Phi) is 7.70. The van der Waals surface area contributed by atoms with Gasteiger partial charge < -0.3 is 19.4 Å². The van der Waals surface area contributed by atoms with Gasteiger partial charge in [-0.25, -0.2) is 4.79 Å². The van der Waals surface area contributed by atoms with Crippen LogP contribution in [0.15, 0.2) is 51.7 Å². The summed E-state index contributed by atoms with van der Waals surface area (Å²) in [6.07, 6.45) is 1.56. The summed E-state index contributed by atoms with van der Waals surface area (Å²) in [4.78, 5) is 27.2. The number of carbonyl (C=O) groups is 1. The smallest absolute Gasteiger partial charge is 0.339 e. The topological polar surface area (TPSA) is 71.8 Å². The maximum atomic E-state index is 12.6. The molecule has 3 aromatic rings. The number of hydrogen-bond acceptors (Lipinski definition) is 5. The SMILES string of the molecule is CCc1ccc(C(CNC(=O)CCc2c(C)c3ccc(OC)cc3oc2=O)N(C)C)cc1. The molecule has 0 fully saturated rings. The van der Waals surface area contributed by atoms with E-state index in [2.05, 4.69) is 41.4 Å². The number of methoxy groups -OCH3 is 1. The number of carbonyl (C=O) groups excluding carboxylic acids is 1. The molecular formula is C26H32N2O4. The first-order valence-electron chi connectivity index (χ1n) is 11.0. The average molecular weight is 437 g/mol. The minimum Gasteiger partial charge on any atom is -0.497 e. The highest BCUT2D eigenvalue weighted by atomic mass is 16.5. The molecule has 0 aliphatic heterocycles. The van der Waals surface area contributed by atoms with Crippen LogP contribution in [0, 0.1) is 6.92 Å². The molecule has 1 aromatic heterocycles. The molecule has 0 aliphatic rings. The average Bonchev–Trinajstić information content (AvgIpc) is 2.78. The van der Waals surface area contributed by atoms with Crippen LogP contribution < -0.4 is 15.7 Å². The summed E-state index contributed by atoms with van der Waals surface area (Å²) in [6, 6.07) is 14.0. The Labute approximate surface area is 189 Å². The molecule has 0 aliphatic carbocycles. The highest BCUT2D eigenvalue weighted by molar-refractivity contribution is 5.82. The van der Waals surface area contributed by atoms with Gasteiger partial charge in [0.1, 0.15) is 11.3 Å². The summed E-state index contributed by atoms with van der Waals surface area (Å²) in [6.45, 7) is 4.52. The lowest BCUT2D eigenvalue weighted by Gasteiger charge is -2.25. The van der Waals surface area contributed by atoms with E-state index in [0.29, 0.717) is 29.9 Å². The number of hydrogen-bond donors (Lipinski definition) is 1. The van der Waals surface area contributed by atoms with Gasteiger partial charge in [-0.05, 0) is 62.7 Å². The van der Waals surface area contributed by atoms with Crippen LogP contribution in [0.1, 0.15) is 41.6 Å². The summed E-state index contributed by atoms with van der Waals surface area (Å²) in [5, 5.41) is 3.87. The first kappa shape index (κ1) is 23.5. The second kappa shape index (κ2) is 10.5. The molecule has 0 spiro atoms. The van der Waals surface area contributed by atoms with Crippen molar-refractivity contribution in [2.45, 2.75) is 39.2 Å². The highest BCUT2D eigenvalue weighted by Crippen LogP contribution is 2.24. The van der Waals surface area contributed by atoms with Crippen LogP contribution in [0.2, 0.25) is 0 Å². The molecule has 0 saturated heterocycles. The fourth-order valence-electron chi connectivity index (χ4n) is 3.90. The molecular weight excluding hydrogens is 404 g/mol. The number of nitrogens with one attached hydrogen (secondary N) is 1. The Morgan fingerprint density at radius 2 is 1.88 bits per heavy atom. The zero-order chi connectivity index (χ0) is 23.3. The molecule has 0 saturated carbocycles. The molecule has 1 N–H and O–H groups in total. The summed E-state index contributed by atoms with van der Waals surface area (Å²) in [5.41, 5.74) is 3.92. The first-order chi connectivity index (χ1) is 15.3. The van der Waals surface area contributed by atoms with Crippen LogP contribution in [-0.4, -0.2) is 38.6 Å². The molecule has 2 aromatic carbocycles. The van der Waals surface area contributed by atoms with E-state index >= 15 is 0 Å². The van der Waals surface area contributed by atoms with Crippen molar-refractivity contribution in [2.75, 3.05) is 27.7 Å². The van der Waals surface area contributed by atoms with E-state index in [1.54, 1.807) is 13.2 Å². The zero-order valence-electron chi connectivity index (χ0n) is 19.5. The van der Waals surface area contributed by atoms with Crippen molar-refractivity contribution in [3.05, 3.63) is 75.1 Å². The van der Waals surface area contributed by atoms with E-state index in [-0.39, 0.29) is 18.4 Å². The number of nitrogens with zero attached hydrogens (tertiary/aromatic N) is 1. The van der Waals surface area contributed by atoms with Crippen LogP contribution in [0.3, 0.4) is 0 Å². The Hall–Kier alpha value is -3.12. The van der Waals surface area contributed by atoms with Crippen LogP contribution >= 0.6 is 0 Å². The predicted molar refractivity (Wildman–Crippen MR) is 127 cm³/mol. The Balaban J connectivity index is 1.66. The van der Waals surface area contributed by atoms with Crippen molar-refractivity contribution in [3.8, 4) is 5.75 Å². The van der Waals surface area contributed by atoms with Crippen molar-refractivity contribution in [1.29, 1.82) is 0 Å². The van der Waals surface area contributed by atoms with Crippen LogP contribution in [-0.2, 0) is 17.6 Å². The molecule has 1 unspecified atom stereocenters. The largest absolute Gasteiger partial charge is 0.497 e. The quantitative estimate of drug-likeness (QED) is 0.513. The molecule has 6 nitrogen and oxygen atoms in total. The van der Waals surface area contributed by atoms with Gasteiger partial charge >= 0.3 is 5.63 Å². The Bertz CT molecular complexity index is 1130. The summed E-state index contributed by atoms with van der Waals surface area (Å²) in [7, 11) is 5.58. The number of aryl methyl sites for hydroxylation is 2. The molecule has 1 atom stereocenters. The first-order valence-corrected chi connectivity index (χ1v) is 11.0. The van der Waals surface area contributed by atoms with Crippen LogP contribution in [0.25, 0.3) is 11.0 Å². The molecule has 1 amide bonds. The van der Waals surface area contributed by atoms with Crippen LogP contribution in [0.5, 0.6) is 5.75 Å². The van der Waals surface area contributed by atoms with Gasteiger partial charge in [0.15, 0.2) is 0 Å². The standard InChI is InChI=1S/C26H32N2O4/c1-6-18-7-9-19(10-8-18)23(28(3)4)16-27-25(29)14-13-22-17(2)21-12-11-20(31-5)15-24(21)32-26(22)30/h7-12,15,23H,6,13-14,16H2,1-5H3,(H,27,29). The van der Waals surface area contributed by atoms with E-state index in [9.17, 15) is 9.59 Å². The number of benzene rings is 2. The summed E-state index contributed by atoms with van der Waals surface area (Å²) in [5.74, 6) is 0.544. The highest BCUT2D eigenvalue weighted by Gasteiger charge is 2.17. The minimum absolute atomic E-state index is 0.0762. The second-order valence-electron chi connectivity index (χ2n) is 8.23. The molecule has 0 bridgehead atoms. The summed E-state index contributed by atoms with van der Waals surface area (Å²) < 4.78 is 10.7. The fourth-order valence-corrected chi connectivity index (χ4v) is 3.90. The predicted octanol–water partition coefficient (Wildman–Crippen LogP) is 4.02. The number of fused-ring (bicyclic) bond motifs is 1. The van der Waals surface area contributed by atoms with Crippen LogP contribution in [0.4, 0.5) is 0 Å². The van der Waals surface area contributed by atoms with Gasteiger partial charge in [-0.3, -0.25) is 4.79 Å². The maximum Gasteiger partial charge on any atom is 0.339 e. The number of amides is 1. The molecule has 6 heteroatoms. The van der Waals surface area contributed by atoms with Gasteiger partial charge in [0.2, 0.25) is 5.91 Å². The van der Waals surface area contributed by atoms with Crippen molar-refractivity contribution < 1.29 is 13.9 Å². The third-order valence-electron chi connectivity index (χ3n) is 5.99. The third-order valence-corrected chi connectivity index (χ3v) is 5.99. The van der Waals surface area contributed by atoms with E-state index in [0.717, 1.165) is 22.9 Å². The molecule has 0 radical (unpaired) electrons. The number of rotatable bonds is 9. The van der Waals surface area contributed by atoms with Crippen molar-refractivity contribution in [1.82, 2.24) is 10.2 Å². The molecule has 3 rings (SSSR count). The Morgan fingerprint density at radius 3 is 2.50 bits per heavy atom. The minimum atomic E-state index is -0.404. The lowest BCUT2D eigenvalue weighted by Crippen LogP contribution is -2.34. The fraction of sp³-hybridized carbons (Fsp3) is 0.385. The van der Waals surface area contributed by atoms with E-state index in [4.69, 9.17) is 9.15 Å². The second-order valence-corrected chi connectivity index (χ2v) is 8.23. The van der Waals surface area contributed by atoms with Gasteiger partial charge in [0.25, 0.3) is 0 Å². The summed E-state index contributed by atoms with van der Waals surface area (Å²) >= 11 is 0. The van der Waals surface area contributed by atoms with Gasteiger partial charge in [0, 0.05) is 30.0 Å². The molecule has 1 heterocycles. The van der Waals surface area contributed by atoms with E-state index in [1.807, 2.05) is 33.2 Å². The van der Waals surface area contributed by atoms with Gasteiger partial charge in [-0.1, -0.05) is 31.2 Å². The van der Waals surface area contributed by atoms with E-state index < -0.39 is 5.63 Å². The Morgan fingerprint density at radius 1 is 1.16 bits per heavy atom. The lowest BCUT2D eigenvalue weighted by molar-refractivity contribution is -0.121. The van der Waals surface area contributed by atoms with Crippen molar-refractivity contribution in [2.24, 2.45) is 0 Å². The van der Waals surface area contributed by atoms with E-state index in [1.165, 1.54) is 5.56 Å². The third kappa shape index (κ3) is 5.37. The molecule has 32 heavy (non-hydrogen) atoms. The molecule has 170 valence electrons. The van der Waals surface area contributed by atoms with Gasteiger partial charge in [-0.15, -0.1) is 0 Å². The normalized spacial score (nSPS) is 12.2. The lowest BCUT2D eigenvalue weighted by atomic mass is 10.0. The van der Waals surface area contributed by atoms with Gasteiger partial charge in [0.05, 0.1) is 13.2 Å². The monoisotopic (exact) mass is 436 g/mol. The maximum absolute atomic E-state index is 12.6.